The Labute approximate surface area is 134 Å². The van der Waals surface area contributed by atoms with Crippen molar-refractivity contribution < 1.29 is 4.79 Å². The first kappa shape index (κ1) is 12.7. The van der Waals surface area contributed by atoms with Gasteiger partial charge in [0.05, 0.1) is 5.70 Å². The summed E-state index contributed by atoms with van der Waals surface area (Å²) >= 11 is 0. The Balaban J connectivity index is 1.79. The van der Waals surface area contributed by atoms with Crippen molar-refractivity contribution in [3.05, 3.63) is 82.9 Å². The average Bonchev–Trinajstić information content (AvgIpc) is 2.88. The van der Waals surface area contributed by atoms with Gasteiger partial charge >= 0.3 is 0 Å². The number of anilines is 1. The average molecular weight is 297 g/mol. The maximum atomic E-state index is 12.8. The summed E-state index contributed by atoms with van der Waals surface area (Å²) in [5, 5.41) is 2.47. The van der Waals surface area contributed by atoms with E-state index in [-0.39, 0.29) is 5.78 Å². The van der Waals surface area contributed by atoms with Crippen LogP contribution in [0.5, 0.6) is 0 Å². The second-order valence-corrected chi connectivity index (χ2v) is 6.22. The van der Waals surface area contributed by atoms with Crippen LogP contribution in [0, 0.1) is 0 Å². The molecule has 3 aromatic carbocycles. The molecule has 1 heterocycles. The van der Waals surface area contributed by atoms with Gasteiger partial charge in [0.15, 0.2) is 5.78 Å². The number of Topliss-reactive ketones (excluding diaryl/α,β-unsaturated/α-hetero) is 1. The molecule has 1 aliphatic heterocycles. The van der Waals surface area contributed by atoms with Gasteiger partial charge in [-0.2, -0.15) is 0 Å². The molecule has 0 amide bonds. The number of rotatable bonds is 0. The van der Waals surface area contributed by atoms with E-state index in [1.165, 1.54) is 22.0 Å². The SMILES string of the molecule is CN1C2=C(Cc3c1ccc1ccccc31)C(=O)c1ccccc12. The Morgan fingerprint density at radius 1 is 0.870 bits per heavy atom. The fraction of sp³-hybridized carbons (Fsp3) is 0.0952. The second-order valence-electron chi connectivity index (χ2n) is 6.22. The molecule has 23 heavy (non-hydrogen) atoms. The molecular formula is C21H15NO. The quantitative estimate of drug-likeness (QED) is 0.611. The van der Waals surface area contributed by atoms with E-state index in [9.17, 15) is 4.79 Å². The number of ketones is 1. The van der Waals surface area contributed by atoms with E-state index in [1.54, 1.807) is 0 Å². The van der Waals surface area contributed by atoms with Gasteiger partial charge in [0, 0.05) is 35.9 Å². The summed E-state index contributed by atoms with van der Waals surface area (Å²) in [5.41, 5.74) is 6.36. The van der Waals surface area contributed by atoms with E-state index in [2.05, 4.69) is 54.4 Å². The van der Waals surface area contributed by atoms with E-state index in [0.717, 1.165) is 22.4 Å². The number of hydrogen-bond acceptors (Lipinski definition) is 2. The van der Waals surface area contributed by atoms with Crippen molar-refractivity contribution in [1.82, 2.24) is 0 Å². The lowest BCUT2D eigenvalue weighted by molar-refractivity contribution is 0.103. The zero-order valence-corrected chi connectivity index (χ0v) is 12.8. The number of carbonyl (C=O) groups excluding carboxylic acids is 1. The number of benzene rings is 3. The van der Waals surface area contributed by atoms with Gasteiger partial charge in [-0.05, 0) is 22.4 Å². The maximum absolute atomic E-state index is 12.8. The zero-order valence-electron chi connectivity index (χ0n) is 12.8. The fourth-order valence-corrected chi connectivity index (χ4v) is 3.99. The molecule has 0 atom stereocenters. The van der Waals surface area contributed by atoms with E-state index >= 15 is 0 Å². The van der Waals surface area contributed by atoms with Gasteiger partial charge < -0.3 is 4.90 Å². The van der Waals surface area contributed by atoms with Crippen molar-refractivity contribution in [1.29, 1.82) is 0 Å². The van der Waals surface area contributed by atoms with E-state index in [1.807, 2.05) is 18.2 Å². The number of hydrogen-bond donors (Lipinski definition) is 0. The summed E-state index contributed by atoms with van der Waals surface area (Å²) in [5.74, 6) is 0.182. The van der Waals surface area contributed by atoms with Crippen molar-refractivity contribution in [3.63, 3.8) is 0 Å². The van der Waals surface area contributed by atoms with Crippen molar-refractivity contribution in [2.45, 2.75) is 6.42 Å². The highest BCUT2D eigenvalue weighted by Crippen LogP contribution is 2.45. The highest BCUT2D eigenvalue weighted by molar-refractivity contribution is 6.23. The molecule has 5 rings (SSSR count). The molecule has 0 unspecified atom stereocenters. The third kappa shape index (κ3) is 1.55. The number of allylic oxidation sites excluding steroid dienone is 1. The van der Waals surface area contributed by atoms with Crippen LogP contribution in [-0.4, -0.2) is 12.8 Å². The minimum atomic E-state index is 0.182. The number of nitrogens with zero attached hydrogens (tertiary/aromatic N) is 1. The predicted octanol–water partition coefficient (Wildman–Crippen LogP) is 4.44. The molecule has 0 aromatic heterocycles. The van der Waals surface area contributed by atoms with Gasteiger partial charge in [-0.15, -0.1) is 0 Å². The van der Waals surface area contributed by atoms with Crippen molar-refractivity contribution in [2.75, 3.05) is 11.9 Å². The van der Waals surface area contributed by atoms with Crippen molar-refractivity contribution in [3.8, 4) is 0 Å². The van der Waals surface area contributed by atoms with Crippen LogP contribution in [0.2, 0.25) is 0 Å². The minimum absolute atomic E-state index is 0.182. The van der Waals surface area contributed by atoms with Crippen LogP contribution in [-0.2, 0) is 6.42 Å². The number of fused-ring (bicyclic) bond motifs is 5. The first-order chi connectivity index (χ1) is 11.3. The molecule has 2 nitrogen and oxygen atoms in total. The highest BCUT2D eigenvalue weighted by atomic mass is 16.1. The lowest BCUT2D eigenvalue weighted by Gasteiger charge is -2.30. The molecule has 0 saturated heterocycles. The molecule has 110 valence electrons. The Hall–Kier alpha value is -2.87. The standard InChI is InChI=1S/C21H15NO/c1-22-19-11-10-13-6-2-3-7-14(13)17(19)12-18-20(22)15-8-4-5-9-16(15)21(18)23/h2-11H,12H2,1H3. The summed E-state index contributed by atoms with van der Waals surface area (Å²) in [6.45, 7) is 0. The Bertz CT molecular complexity index is 1030. The van der Waals surface area contributed by atoms with Crippen LogP contribution in [0.1, 0.15) is 21.5 Å². The fourth-order valence-electron chi connectivity index (χ4n) is 3.99. The van der Waals surface area contributed by atoms with E-state index in [4.69, 9.17) is 0 Å². The van der Waals surface area contributed by atoms with Crippen LogP contribution in [0.3, 0.4) is 0 Å². The molecule has 1 aliphatic carbocycles. The molecular weight excluding hydrogens is 282 g/mol. The summed E-state index contributed by atoms with van der Waals surface area (Å²) in [6, 6.07) is 20.7. The smallest absolute Gasteiger partial charge is 0.192 e. The van der Waals surface area contributed by atoms with Gasteiger partial charge in [0.2, 0.25) is 0 Å². The monoisotopic (exact) mass is 297 g/mol. The van der Waals surface area contributed by atoms with E-state index < -0.39 is 0 Å². The van der Waals surface area contributed by atoms with Crippen LogP contribution < -0.4 is 4.90 Å². The van der Waals surface area contributed by atoms with Crippen LogP contribution in [0.15, 0.2) is 66.2 Å². The van der Waals surface area contributed by atoms with Crippen LogP contribution in [0.4, 0.5) is 5.69 Å². The molecule has 0 spiro atoms. The molecule has 3 aromatic rings. The molecule has 0 saturated carbocycles. The normalized spacial score (nSPS) is 15.7. The molecule has 0 fully saturated rings. The van der Waals surface area contributed by atoms with Gasteiger partial charge in [0.1, 0.15) is 0 Å². The van der Waals surface area contributed by atoms with Gasteiger partial charge in [-0.25, -0.2) is 0 Å². The molecule has 2 aliphatic rings. The predicted molar refractivity (Wildman–Crippen MR) is 93.7 cm³/mol. The lowest BCUT2D eigenvalue weighted by Crippen LogP contribution is -2.22. The Kier molecular flexibility index (Phi) is 2.38. The summed E-state index contributed by atoms with van der Waals surface area (Å²) in [7, 11) is 2.07. The van der Waals surface area contributed by atoms with E-state index in [0.29, 0.717) is 6.42 Å². The minimum Gasteiger partial charge on any atom is -0.344 e. The zero-order chi connectivity index (χ0) is 15.6. The van der Waals surface area contributed by atoms with Crippen LogP contribution in [0.25, 0.3) is 16.5 Å². The summed E-state index contributed by atoms with van der Waals surface area (Å²) < 4.78 is 0. The summed E-state index contributed by atoms with van der Waals surface area (Å²) in [4.78, 5) is 15.0. The third-order valence-electron chi connectivity index (χ3n) is 5.05. The number of carbonyl (C=O) groups is 1. The van der Waals surface area contributed by atoms with Gasteiger partial charge in [-0.3, -0.25) is 4.79 Å². The Morgan fingerprint density at radius 3 is 2.48 bits per heavy atom. The van der Waals surface area contributed by atoms with Gasteiger partial charge in [-0.1, -0.05) is 54.6 Å². The molecule has 0 bridgehead atoms. The largest absolute Gasteiger partial charge is 0.344 e. The first-order valence-corrected chi connectivity index (χ1v) is 7.87. The highest BCUT2D eigenvalue weighted by Gasteiger charge is 2.35. The molecule has 0 N–H and O–H groups in total. The summed E-state index contributed by atoms with van der Waals surface area (Å²) in [6.07, 6.45) is 0.712. The van der Waals surface area contributed by atoms with Crippen molar-refractivity contribution in [2.24, 2.45) is 0 Å². The van der Waals surface area contributed by atoms with Gasteiger partial charge in [0.25, 0.3) is 0 Å². The maximum Gasteiger partial charge on any atom is 0.192 e. The second kappa shape index (κ2) is 4.32. The molecule has 2 heteroatoms. The van der Waals surface area contributed by atoms with Crippen molar-refractivity contribution >= 4 is 27.9 Å². The first-order valence-electron chi connectivity index (χ1n) is 7.87. The Morgan fingerprint density at radius 2 is 1.61 bits per heavy atom. The third-order valence-corrected chi connectivity index (χ3v) is 5.05. The van der Waals surface area contributed by atoms with Crippen LogP contribution >= 0.6 is 0 Å². The molecule has 0 radical (unpaired) electrons. The lowest BCUT2D eigenvalue weighted by atomic mass is 9.91. The topological polar surface area (TPSA) is 20.3 Å².